The summed E-state index contributed by atoms with van der Waals surface area (Å²) in [6.07, 6.45) is 54.6. The lowest BCUT2D eigenvalue weighted by Crippen LogP contribution is -2.60. The minimum atomic E-state index is -1.67. The Morgan fingerprint density at radius 3 is 1.20 bits per heavy atom. The van der Waals surface area contributed by atoms with Gasteiger partial charge in [-0.25, -0.2) is 0 Å². The van der Waals surface area contributed by atoms with E-state index in [1.165, 1.54) is 186 Å². The van der Waals surface area contributed by atoms with Gasteiger partial charge in [-0.05, 0) is 89.9 Å². The molecule has 0 aromatic heterocycles. The van der Waals surface area contributed by atoms with Crippen LogP contribution in [0.3, 0.4) is 0 Å². The van der Waals surface area contributed by atoms with Crippen molar-refractivity contribution in [1.29, 1.82) is 0 Å². The average Bonchev–Trinajstić information content (AvgIpc) is 3.40. The SMILES string of the molecule is CCCCCCCCCC/C=C/CC/C=C/CC/C=C/CCCC(O)C(O)C(COC1OC(CO)C(O)C(O)C1O)NC(=O)C(O)CCCCCCCCCCCC/C=C\CCCCCCCCCCCCCC. The van der Waals surface area contributed by atoms with Gasteiger partial charge in [0.05, 0.1) is 25.4 Å². The smallest absolute Gasteiger partial charge is 0.249 e. The van der Waals surface area contributed by atoms with Gasteiger partial charge in [0.15, 0.2) is 6.29 Å². The Kier molecular flexibility index (Phi) is 49.1. The first-order valence-corrected chi connectivity index (χ1v) is 31.0. The lowest BCUT2D eigenvalue weighted by molar-refractivity contribution is -0.303. The molecule has 0 bridgehead atoms. The molecule has 0 saturated carbocycles. The third kappa shape index (κ3) is 39.4. The number of allylic oxidation sites excluding steroid dienone is 8. The van der Waals surface area contributed by atoms with Crippen LogP contribution in [-0.2, 0) is 14.3 Å². The number of rotatable bonds is 53. The first kappa shape index (κ1) is 70.1. The first-order valence-electron chi connectivity index (χ1n) is 31.0. The van der Waals surface area contributed by atoms with Crippen molar-refractivity contribution in [3.63, 3.8) is 0 Å². The van der Waals surface area contributed by atoms with Crippen molar-refractivity contribution in [3.8, 4) is 0 Å². The molecule has 0 spiro atoms. The number of hydrogen-bond donors (Lipinski definition) is 8. The molecule has 1 rings (SSSR count). The highest BCUT2D eigenvalue weighted by atomic mass is 16.7. The van der Waals surface area contributed by atoms with E-state index in [2.05, 4.69) is 67.8 Å². The summed E-state index contributed by atoms with van der Waals surface area (Å²) in [5.74, 6) is -0.712. The highest BCUT2D eigenvalue weighted by molar-refractivity contribution is 5.80. The molecule has 8 N–H and O–H groups in total. The Labute approximate surface area is 453 Å². The van der Waals surface area contributed by atoms with E-state index in [9.17, 15) is 40.5 Å². The molecule has 9 unspecified atom stereocenters. The molecule has 9 atom stereocenters. The fraction of sp³-hybridized carbons (Fsp3) is 0.857. The fourth-order valence-electron chi connectivity index (χ4n) is 9.76. The van der Waals surface area contributed by atoms with Gasteiger partial charge < -0.3 is 50.5 Å². The van der Waals surface area contributed by atoms with E-state index in [1.54, 1.807) is 0 Å². The standard InChI is InChI=1S/C63H117NO10/c1-3-5-7-9-11-13-15-17-19-21-23-25-26-27-28-29-31-33-35-37-39-41-43-45-47-49-51-56(67)62(72)64-54(53-73-63-61(71)60(70)59(69)57(52-65)74-63)58(68)55(66)50-48-46-44-42-40-38-36-34-32-30-24-22-20-18-16-14-12-10-8-6-4-2/h22,24,27-28,34,36,42,44,54-61,63,65-71H,3-21,23,25-26,29-33,35,37-41,43,45-53H2,1-2H3,(H,64,72)/b24-22+,28-27-,36-34+,44-42+. The van der Waals surface area contributed by atoms with Gasteiger partial charge >= 0.3 is 0 Å². The number of aliphatic hydroxyl groups excluding tert-OH is 7. The second-order valence-electron chi connectivity index (χ2n) is 21.7. The molecule has 1 aliphatic rings. The summed E-state index contributed by atoms with van der Waals surface area (Å²) in [7, 11) is 0. The number of amides is 1. The Bertz CT molecular complexity index is 1340. The number of hydrogen-bond acceptors (Lipinski definition) is 10. The van der Waals surface area contributed by atoms with Crippen molar-refractivity contribution < 1.29 is 50.0 Å². The zero-order chi connectivity index (χ0) is 54.0. The quantitative estimate of drug-likeness (QED) is 0.0215. The van der Waals surface area contributed by atoms with Crippen molar-refractivity contribution in [2.45, 2.75) is 332 Å². The molecule has 0 aromatic rings. The normalized spacial score (nSPS) is 20.1. The summed E-state index contributed by atoms with van der Waals surface area (Å²) in [5, 5.41) is 76.2. The predicted octanol–water partition coefficient (Wildman–Crippen LogP) is 13.6. The Morgan fingerprint density at radius 1 is 0.459 bits per heavy atom. The summed E-state index contributed by atoms with van der Waals surface area (Å²) in [6, 6.07) is -1.20. The Morgan fingerprint density at radius 2 is 0.811 bits per heavy atom. The minimum absolute atomic E-state index is 0.240. The van der Waals surface area contributed by atoms with Gasteiger partial charge in [0.1, 0.15) is 36.6 Å². The first-order chi connectivity index (χ1) is 36.2. The van der Waals surface area contributed by atoms with Crippen LogP contribution in [0.25, 0.3) is 0 Å². The van der Waals surface area contributed by atoms with E-state index in [0.29, 0.717) is 19.3 Å². The number of carbonyl (C=O) groups excluding carboxylic acids is 1. The molecule has 1 aliphatic heterocycles. The van der Waals surface area contributed by atoms with E-state index < -0.39 is 74.2 Å². The van der Waals surface area contributed by atoms with Gasteiger partial charge in [-0.15, -0.1) is 0 Å². The predicted molar refractivity (Wildman–Crippen MR) is 307 cm³/mol. The number of nitrogens with one attached hydrogen (secondary N) is 1. The fourth-order valence-corrected chi connectivity index (χ4v) is 9.76. The van der Waals surface area contributed by atoms with Crippen molar-refractivity contribution in [1.82, 2.24) is 5.32 Å². The van der Waals surface area contributed by atoms with E-state index in [-0.39, 0.29) is 12.8 Å². The average molecular weight is 1050 g/mol. The maximum Gasteiger partial charge on any atom is 0.249 e. The topological polar surface area (TPSA) is 189 Å². The molecule has 74 heavy (non-hydrogen) atoms. The van der Waals surface area contributed by atoms with Gasteiger partial charge in [-0.1, -0.05) is 236 Å². The molecule has 0 radical (unpaired) electrons. The van der Waals surface area contributed by atoms with Crippen LogP contribution in [0.1, 0.15) is 277 Å². The zero-order valence-electron chi connectivity index (χ0n) is 47.6. The molecule has 1 amide bonds. The van der Waals surface area contributed by atoms with E-state index >= 15 is 0 Å². The zero-order valence-corrected chi connectivity index (χ0v) is 47.6. The van der Waals surface area contributed by atoms with Gasteiger partial charge in [-0.3, -0.25) is 4.79 Å². The number of aliphatic hydroxyl groups is 7. The molecule has 0 aromatic carbocycles. The molecule has 11 nitrogen and oxygen atoms in total. The largest absolute Gasteiger partial charge is 0.394 e. The van der Waals surface area contributed by atoms with Crippen LogP contribution in [-0.4, -0.2) is 110 Å². The second-order valence-corrected chi connectivity index (χ2v) is 21.7. The minimum Gasteiger partial charge on any atom is -0.394 e. The van der Waals surface area contributed by atoms with Crippen LogP contribution in [0.15, 0.2) is 48.6 Å². The third-order valence-electron chi connectivity index (χ3n) is 14.8. The van der Waals surface area contributed by atoms with Crippen LogP contribution in [0.4, 0.5) is 0 Å². The number of carbonyl (C=O) groups is 1. The summed E-state index contributed by atoms with van der Waals surface area (Å²) >= 11 is 0. The van der Waals surface area contributed by atoms with Crippen LogP contribution in [0, 0.1) is 0 Å². The van der Waals surface area contributed by atoms with Crippen molar-refractivity contribution in [3.05, 3.63) is 48.6 Å². The van der Waals surface area contributed by atoms with Gasteiger partial charge in [-0.2, -0.15) is 0 Å². The molecule has 11 heteroatoms. The van der Waals surface area contributed by atoms with E-state index in [1.807, 2.05) is 0 Å². The number of unbranched alkanes of at least 4 members (excludes halogenated alkanes) is 33. The van der Waals surface area contributed by atoms with Crippen LogP contribution in [0.5, 0.6) is 0 Å². The Balaban J connectivity index is 2.31. The van der Waals surface area contributed by atoms with Crippen molar-refractivity contribution in [2.24, 2.45) is 0 Å². The van der Waals surface area contributed by atoms with E-state index in [0.717, 1.165) is 44.9 Å². The summed E-state index contributed by atoms with van der Waals surface area (Å²) in [5.41, 5.74) is 0. The van der Waals surface area contributed by atoms with Crippen LogP contribution < -0.4 is 5.32 Å². The molecule has 0 aliphatic carbocycles. The highest BCUT2D eigenvalue weighted by Gasteiger charge is 2.44. The lowest BCUT2D eigenvalue weighted by atomic mass is 9.98. The van der Waals surface area contributed by atoms with Gasteiger partial charge in [0.2, 0.25) is 5.91 Å². The maximum atomic E-state index is 13.2. The monoisotopic (exact) mass is 1050 g/mol. The van der Waals surface area contributed by atoms with Crippen LogP contribution >= 0.6 is 0 Å². The van der Waals surface area contributed by atoms with Crippen molar-refractivity contribution >= 4 is 5.91 Å². The molecule has 434 valence electrons. The summed E-state index contributed by atoms with van der Waals surface area (Å²) < 4.78 is 11.1. The molecular weight excluding hydrogens is 931 g/mol. The summed E-state index contributed by atoms with van der Waals surface area (Å²) in [6.45, 7) is 3.46. The van der Waals surface area contributed by atoms with Crippen molar-refractivity contribution in [2.75, 3.05) is 13.2 Å². The lowest BCUT2D eigenvalue weighted by Gasteiger charge is -2.40. The second kappa shape index (κ2) is 51.8. The van der Waals surface area contributed by atoms with Crippen LogP contribution in [0.2, 0.25) is 0 Å². The molecule has 1 heterocycles. The van der Waals surface area contributed by atoms with Gasteiger partial charge in [0.25, 0.3) is 0 Å². The summed E-state index contributed by atoms with van der Waals surface area (Å²) in [4.78, 5) is 13.2. The third-order valence-corrected chi connectivity index (χ3v) is 14.8. The Hall–Kier alpha value is -1.93. The molecule has 1 saturated heterocycles. The molecular formula is C63H117NO10. The molecule has 1 fully saturated rings. The van der Waals surface area contributed by atoms with Gasteiger partial charge in [0, 0.05) is 0 Å². The number of ether oxygens (including phenoxy) is 2. The maximum absolute atomic E-state index is 13.2. The van der Waals surface area contributed by atoms with E-state index in [4.69, 9.17) is 9.47 Å². The highest BCUT2D eigenvalue weighted by Crippen LogP contribution is 2.23.